The van der Waals surface area contributed by atoms with Crippen LogP contribution >= 0.6 is 11.3 Å². The van der Waals surface area contributed by atoms with Crippen molar-refractivity contribution in [3.63, 3.8) is 0 Å². The Labute approximate surface area is 319 Å². The number of aromatic amines is 2. The molecule has 3 aromatic heterocycles. The molecule has 1 saturated heterocycles. The van der Waals surface area contributed by atoms with Crippen molar-refractivity contribution >= 4 is 29.2 Å². The van der Waals surface area contributed by atoms with Gasteiger partial charge in [-0.15, -0.1) is 11.3 Å². The van der Waals surface area contributed by atoms with Crippen molar-refractivity contribution < 1.29 is 19.1 Å². The number of aromatic nitrogens is 4. The van der Waals surface area contributed by atoms with E-state index < -0.39 is 12.1 Å². The van der Waals surface area contributed by atoms with E-state index in [2.05, 4.69) is 80.2 Å². The quantitative estimate of drug-likeness (QED) is 0.109. The minimum absolute atomic E-state index is 0.0395. The summed E-state index contributed by atoms with van der Waals surface area (Å²) < 4.78 is 4.76. The van der Waals surface area contributed by atoms with Crippen LogP contribution in [0.4, 0.5) is 4.79 Å². The topological polar surface area (TPSA) is 145 Å². The number of alkyl carbamates (subject to hydrolysis) is 1. The molecule has 12 heteroatoms. The summed E-state index contributed by atoms with van der Waals surface area (Å²) in [7, 11) is 1.30. The van der Waals surface area contributed by atoms with Crippen molar-refractivity contribution in [2.24, 2.45) is 23.7 Å². The highest BCUT2D eigenvalue weighted by molar-refractivity contribution is 7.09. The highest BCUT2D eigenvalue weighted by Gasteiger charge is 2.52. The van der Waals surface area contributed by atoms with E-state index in [9.17, 15) is 14.4 Å². The number of benzene rings is 2. The Bertz CT molecular complexity index is 2090. The van der Waals surface area contributed by atoms with Crippen LogP contribution in [0.1, 0.15) is 74.4 Å². The molecule has 3 amide bonds. The van der Waals surface area contributed by atoms with Crippen LogP contribution < -0.4 is 10.6 Å². The molecule has 5 aromatic rings. The second-order valence-electron chi connectivity index (χ2n) is 15.2. The standard InChI is InChI=1S/C42H47N7O4S/c1-24(2)37(48-42(52)53-3)41(51)49-18-4-7-34(49)38-43-22-32(46-38)27-12-8-25(9-13-27)26-10-14-28(15-11-26)33-23-44-39(47-33)35-29-16-17-30(20-29)36(35)40(50)45-21-31-6-5-19-54-31/h5-6,8-15,19,22-24,29-30,34-37H,4,7,16-18,20-21H2,1-3H3,(H,43,46)(H,44,47)(H,45,50)(H,48,52)/t29?,30?,34-,35-,36-,37-/m0/s1. The predicted octanol–water partition coefficient (Wildman–Crippen LogP) is 7.69. The maximum Gasteiger partial charge on any atom is 0.407 e. The Hall–Kier alpha value is -5.23. The van der Waals surface area contributed by atoms with Gasteiger partial charge in [0, 0.05) is 17.3 Å². The molecule has 2 saturated carbocycles. The molecular formula is C42H47N7O4S. The lowest BCUT2D eigenvalue weighted by atomic mass is 9.78. The summed E-state index contributed by atoms with van der Waals surface area (Å²) in [5.41, 5.74) is 6.10. The molecule has 4 N–H and O–H groups in total. The lowest BCUT2D eigenvalue weighted by Crippen LogP contribution is -2.51. The number of thiophene rings is 1. The average Bonchev–Trinajstić information content (AvgIpc) is 4.05. The summed E-state index contributed by atoms with van der Waals surface area (Å²) in [6, 6.07) is 20.1. The summed E-state index contributed by atoms with van der Waals surface area (Å²) in [6.45, 7) is 5.01. The van der Waals surface area contributed by atoms with Gasteiger partial charge >= 0.3 is 6.09 Å². The molecule has 6 atom stereocenters. The first-order valence-corrected chi connectivity index (χ1v) is 19.9. The van der Waals surface area contributed by atoms with Crippen molar-refractivity contribution in [3.8, 4) is 33.6 Å². The van der Waals surface area contributed by atoms with Crippen LogP contribution in [0.2, 0.25) is 0 Å². The first-order chi connectivity index (χ1) is 26.3. The lowest BCUT2D eigenvalue weighted by molar-refractivity contribution is -0.135. The van der Waals surface area contributed by atoms with Crippen LogP contribution in [-0.4, -0.2) is 62.4 Å². The molecule has 3 aliphatic rings. The van der Waals surface area contributed by atoms with Gasteiger partial charge < -0.3 is 30.2 Å². The van der Waals surface area contributed by atoms with Crippen LogP contribution in [-0.2, 0) is 20.9 Å². The number of imidazole rings is 2. The van der Waals surface area contributed by atoms with Gasteiger partial charge in [-0.3, -0.25) is 9.59 Å². The van der Waals surface area contributed by atoms with Crippen LogP contribution in [0, 0.1) is 23.7 Å². The third-order valence-electron chi connectivity index (χ3n) is 11.7. The highest BCUT2D eigenvalue weighted by Crippen LogP contribution is 2.56. The van der Waals surface area contributed by atoms with E-state index in [4.69, 9.17) is 9.72 Å². The van der Waals surface area contributed by atoms with Gasteiger partial charge in [0.25, 0.3) is 0 Å². The number of nitrogens with zero attached hydrogens (tertiary/aromatic N) is 3. The minimum Gasteiger partial charge on any atom is -0.453 e. The number of ether oxygens (including phenoxy) is 1. The molecule has 2 bridgehead atoms. The van der Waals surface area contributed by atoms with Crippen LogP contribution in [0.15, 0.2) is 78.4 Å². The molecule has 2 unspecified atom stereocenters. The monoisotopic (exact) mass is 745 g/mol. The SMILES string of the molecule is COC(=O)N[C@H](C(=O)N1CCC[C@H]1c1ncc(-c2ccc(-c3ccc(-c4cnc([C@H]5C6CCC(C6)[C@@H]5C(=O)NCc5cccs5)[nH]4)cc3)cc2)[nH]1)C(C)C. The Morgan fingerprint density at radius 1 is 0.870 bits per heavy atom. The Morgan fingerprint density at radius 2 is 1.50 bits per heavy atom. The third kappa shape index (κ3) is 7.06. The normalized spacial score (nSPS) is 22.4. The second kappa shape index (κ2) is 15.3. The van der Waals surface area contributed by atoms with E-state index >= 15 is 0 Å². The van der Waals surface area contributed by atoms with E-state index in [1.807, 2.05) is 42.6 Å². The maximum absolute atomic E-state index is 13.5. The lowest BCUT2D eigenvalue weighted by Gasteiger charge is -2.30. The number of rotatable bonds is 11. The van der Waals surface area contributed by atoms with Crippen LogP contribution in [0.25, 0.3) is 33.6 Å². The van der Waals surface area contributed by atoms with Gasteiger partial charge in [0.1, 0.15) is 17.7 Å². The number of fused-ring (bicyclic) bond motifs is 2. The Balaban J connectivity index is 0.920. The number of hydrogen-bond donors (Lipinski definition) is 4. The Morgan fingerprint density at radius 3 is 2.13 bits per heavy atom. The van der Waals surface area contributed by atoms with Crippen LogP contribution in [0.3, 0.4) is 0 Å². The number of carbonyl (C=O) groups excluding carboxylic acids is 3. The summed E-state index contributed by atoms with van der Waals surface area (Å²) in [5, 5.41) is 7.96. The molecule has 11 nitrogen and oxygen atoms in total. The van der Waals surface area contributed by atoms with Gasteiger partial charge in [0.15, 0.2) is 0 Å². The zero-order chi connectivity index (χ0) is 37.3. The number of amides is 3. The van der Waals surface area contributed by atoms with Crippen molar-refractivity contribution in [2.75, 3.05) is 13.7 Å². The molecule has 280 valence electrons. The molecule has 54 heavy (non-hydrogen) atoms. The number of likely N-dealkylation sites (tertiary alicyclic amines) is 1. The van der Waals surface area contributed by atoms with E-state index in [-0.39, 0.29) is 35.6 Å². The minimum atomic E-state index is -0.674. The average molecular weight is 746 g/mol. The Kier molecular flexibility index (Phi) is 10.1. The third-order valence-corrected chi connectivity index (χ3v) is 12.6. The van der Waals surface area contributed by atoms with Gasteiger partial charge in [0.05, 0.1) is 49.4 Å². The summed E-state index contributed by atoms with van der Waals surface area (Å²) in [6.07, 6.45) is 8.16. The number of nitrogens with one attached hydrogen (secondary N) is 4. The second-order valence-corrected chi connectivity index (χ2v) is 16.3. The molecule has 2 aromatic carbocycles. The van der Waals surface area contributed by atoms with E-state index in [0.717, 1.165) is 77.4 Å². The van der Waals surface area contributed by atoms with Gasteiger partial charge in [0.2, 0.25) is 11.8 Å². The van der Waals surface area contributed by atoms with Gasteiger partial charge in [-0.25, -0.2) is 14.8 Å². The molecule has 0 radical (unpaired) electrons. The van der Waals surface area contributed by atoms with Crippen molar-refractivity contribution in [2.45, 2.75) is 70.5 Å². The number of H-pyrrole nitrogens is 2. The molecule has 1 aliphatic heterocycles. The number of hydrogen-bond acceptors (Lipinski definition) is 7. The fraction of sp³-hybridized carbons (Fsp3) is 0.405. The fourth-order valence-electron chi connectivity index (χ4n) is 8.95. The van der Waals surface area contributed by atoms with Crippen molar-refractivity contribution in [1.82, 2.24) is 35.5 Å². The van der Waals surface area contributed by atoms with Crippen molar-refractivity contribution in [3.05, 3.63) is 95.0 Å². The molecule has 3 fully saturated rings. The molecule has 2 aliphatic carbocycles. The first-order valence-electron chi connectivity index (χ1n) is 19.0. The fourth-order valence-corrected chi connectivity index (χ4v) is 9.59. The molecular weight excluding hydrogens is 699 g/mol. The van der Waals surface area contributed by atoms with Gasteiger partial charge in [-0.1, -0.05) is 68.4 Å². The van der Waals surface area contributed by atoms with E-state index in [0.29, 0.717) is 24.9 Å². The number of carbonyl (C=O) groups is 3. The van der Waals surface area contributed by atoms with Crippen LogP contribution in [0.5, 0.6) is 0 Å². The smallest absolute Gasteiger partial charge is 0.407 e. The predicted molar refractivity (Wildman–Crippen MR) is 208 cm³/mol. The molecule has 8 rings (SSSR count). The van der Waals surface area contributed by atoms with E-state index in [1.165, 1.54) is 12.0 Å². The summed E-state index contributed by atoms with van der Waals surface area (Å²) in [5.74, 6) is 2.60. The molecule has 0 spiro atoms. The number of methoxy groups -OCH3 is 1. The van der Waals surface area contributed by atoms with E-state index in [1.54, 1.807) is 11.3 Å². The van der Waals surface area contributed by atoms with Gasteiger partial charge in [-0.05, 0) is 83.6 Å². The van der Waals surface area contributed by atoms with Gasteiger partial charge in [-0.2, -0.15) is 0 Å². The highest BCUT2D eigenvalue weighted by atomic mass is 32.1. The zero-order valence-electron chi connectivity index (χ0n) is 30.9. The maximum atomic E-state index is 13.5. The summed E-state index contributed by atoms with van der Waals surface area (Å²) in [4.78, 5) is 58.5. The van der Waals surface area contributed by atoms with Crippen molar-refractivity contribution in [1.29, 1.82) is 0 Å². The largest absolute Gasteiger partial charge is 0.453 e. The molecule has 4 heterocycles. The first kappa shape index (κ1) is 35.8. The zero-order valence-corrected chi connectivity index (χ0v) is 31.7. The summed E-state index contributed by atoms with van der Waals surface area (Å²) >= 11 is 1.67.